The molecular formula is C11H18N4O2. The average molecular weight is 238 g/mol. The Hall–Kier alpha value is -1.46. The molecule has 6 nitrogen and oxygen atoms in total. The van der Waals surface area contributed by atoms with Gasteiger partial charge < -0.3 is 5.11 Å². The molecule has 0 aromatic carbocycles. The smallest absolute Gasteiger partial charge is 0.303 e. The second kappa shape index (κ2) is 5.75. The van der Waals surface area contributed by atoms with Gasteiger partial charge in [0.15, 0.2) is 5.82 Å². The summed E-state index contributed by atoms with van der Waals surface area (Å²) in [6.45, 7) is 0.804. The third-order valence-corrected chi connectivity index (χ3v) is 3.29. The van der Waals surface area contributed by atoms with Gasteiger partial charge in [0, 0.05) is 18.9 Å². The van der Waals surface area contributed by atoms with Gasteiger partial charge in [0.25, 0.3) is 0 Å². The standard InChI is InChI=1S/C11H18N4O2/c16-10(17)7-2-1-3-8-15-11(12-13-14-15)9-5-4-6-9/h9H,1-8H2,(H,16,17). The number of aliphatic carboxylic acids is 1. The predicted octanol–water partition coefficient (Wildman–Crippen LogP) is 1.59. The van der Waals surface area contributed by atoms with Crippen molar-refractivity contribution in [3.63, 3.8) is 0 Å². The van der Waals surface area contributed by atoms with Crippen molar-refractivity contribution in [3.8, 4) is 0 Å². The van der Waals surface area contributed by atoms with Crippen LogP contribution in [0.25, 0.3) is 0 Å². The van der Waals surface area contributed by atoms with E-state index in [4.69, 9.17) is 5.11 Å². The maximum absolute atomic E-state index is 10.3. The van der Waals surface area contributed by atoms with Crippen molar-refractivity contribution >= 4 is 5.97 Å². The highest BCUT2D eigenvalue weighted by molar-refractivity contribution is 5.66. The number of carboxylic acid groups (broad SMARTS) is 1. The molecule has 0 bridgehead atoms. The highest BCUT2D eigenvalue weighted by Gasteiger charge is 2.24. The molecule has 1 N–H and O–H groups in total. The van der Waals surface area contributed by atoms with E-state index < -0.39 is 5.97 Å². The van der Waals surface area contributed by atoms with Crippen molar-refractivity contribution in [2.24, 2.45) is 0 Å². The number of aryl methyl sites for hydroxylation is 1. The summed E-state index contributed by atoms with van der Waals surface area (Å²) < 4.78 is 1.88. The number of rotatable bonds is 7. The van der Waals surface area contributed by atoms with Gasteiger partial charge in [0.1, 0.15) is 0 Å². The lowest BCUT2D eigenvalue weighted by Gasteiger charge is -2.23. The minimum Gasteiger partial charge on any atom is -0.481 e. The molecule has 2 rings (SSSR count). The Labute approximate surface area is 100 Å². The fraction of sp³-hybridized carbons (Fsp3) is 0.818. The summed E-state index contributed by atoms with van der Waals surface area (Å²) in [7, 11) is 0. The number of carbonyl (C=O) groups is 1. The molecule has 0 aliphatic heterocycles. The Morgan fingerprint density at radius 3 is 2.82 bits per heavy atom. The maximum Gasteiger partial charge on any atom is 0.303 e. The molecule has 0 amide bonds. The van der Waals surface area contributed by atoms with Crippen LogP contribution in [0.4, 0.5) is 0 Å². The topological polar surface area (TPSA) is 80.9 Å². The molecule has 0 saturated heterocycles. The average Bonchev–Trinajstić information content (AvgIpc) is 2.63. The van der Waals surface area contributed by atoms with Crippen LogP contribution in [0.15, 0.2) is 0 Å². The molecule has 1 aromatic rings. The van der Waals surface area contributed by atoms with Crippen LogP contribution in [0.1, 0.15) is 56.7 Å². The summed E-state index contributed by atoms with van der Waals surface area (Å²) in [5.74, 6) is 0.834. The summed E-state index contributed by atoms with van der Waals surface area (Å²) in [6.07, 6.45) is 6.50. The molecule has 94 valence electrons. The third kappa shape index (κ3) is 3.25. The Bertz CT molecular complexity index is 373. The number of hydrogen-bond donors (Lipinski definition) is 1. The minimum atomic E-state index is -0.720. The van der Waals surface area contributed by atoms with Crippen molar-refractivity contribution in [2.75, 3.05) is 0 Å². The number of tetrazole rings is 1. The first-order valence-corrected chi connectivity index (χ1v) is 6.25. The fourth-order valence-corrected chi connectivity index (χ4v) is 2.04. The first kappa shape index (κ1) is 12.0. The van der Waals surface area contributed by atoms with Crippen molar-refractivity contribution in [2.45, 2.75) is 57.4 Å². The molecule has 1 saturated carbocycles. The largest absolute Gasteiger partial charge is 0.481 e. The van der Waals surface area contributed by atoms with E-state index in [0.29, 0.717) is 5.92 Å². The predicted molar refractivity (Wildman–Crippen MR) is 60.5 cm³/mol. The molecule has 17 heavy (non-hydrogen) atoms. The summed E-state index contributed by atoms with van der Waals surface area (Å²) in [5.41, 5.74) is 0. The van der Waals surface area contributed by atoms with Crippen LogP contribution in [0.5, 0.6) is 0 Å². The van der Waals surface area contributed by atoms with Crippen LogP contribution >= 0.6 is 0 Å². The highest BCUT2D eigenvalue weighted by Crippen LogP contribution is 2.34. The molecule has 0 radical (unpaired) electrons. The van der Waals surface area contributed by atoms with E-state index in [-0.39, 0.29) is 6.42 Å². The monoisotopic (exact) mass is 238 g/mol. The molecule has 1 aliphatic carbocycles. The lowest BCUT2D eigenvalue weighted by atomic mass is 9.85. The second-order valence-electron chi connectivity index (χ2n) is 4.59. The zero-order valence-electron chi connectivity index (χ0n) is 9.88. The van der Waals surface area contributed by atoms with E-state index >= 15 is 0 Å². The quantitative estimate of drug-likeness (QED) is 0.729. The summed E-state index contributed by atoms with van der Waals surface area (Å²) in [5, 5.41) is 20.3. The number of carboxylic acids is 1. The van der Waals surface area contributed by atoms with E-state index in [0.717, 1.165) is 31.6 Å². The van der Waals surface area contributed by atoms with Crippen LogP contribution in [0.3, 0.4) is 0 Å². The third-order valence-electron chi connectivity index (χ3n) is 3.29. The van der Waals surface area contributed by atoms with Crippen LogP contribution in [0, 0.1) is 0 Å². The second-order valence-corrected chi connectivity index (χ2v) is 4.59. The minimum absolute atomic E-state index is 0.255. The van der Waals surface area contributed by atoms with Crippen molar-refractivity contribution in [3.05, 3.63) is 5.82 Å². The summed E-state index contributed by atoms with van der Waals surface area (Å²) in [4.78, 5) is 10.3. The summed E-state index contributed by atoms with van der Waals surface area (Å²) >= 11 is 0. The summed E-state index contributed by atoms with van der Waals surface area (Å²) in [6, 6.07) is 0. The zero-order valence-corrected chi connectivity index (χ0v) is 9.88. The highest BCUT2D eigenvalue weighted by atomic mass is 16.4. The van der Waals surface area contributed by atoms with Crippen molar-refractivity contribution < 1.29 is 9.90 Å². The Morgan fingerprint density at radius 2 is 2.18 bits per heavy atom. The normalized spacial score (nSPS) is 15.8. The number of aromatic nitrogens is 4. The van der Waals surface area contributed by atoms with E-state index in [9.17, 15) is 4.79 Å². The van der Waals surface area contributed by atoms with Gasteiger partial charge >= 0.3 is 5.97 Å². The van der Waals surface area contributed by atoms with Crippen LogP contribution < -0.4 is 0 Å². The lowest BCUT2D eigenvalue weighted by Crippen LogP contribution is -2.16. The van der Waals surface area contributed by atoms with E-state index in [1.165, 1.54) is 19.3 Å². The molecule has 1 fully saturated rings. The maximum atomic E-state index is 10.3. The molecule has 0 unspecified atom stereocenters. The molecule has 1 aromatic heterocycles. The molecule has 0 spiro atoms. The molecular weight excluding hydrogens is 220 g/mol. The van der Waals surface area contributed by atoms with E-state index in [1.54, 1.807) is 0 Å². The first-order valence-electron chi connectivity index (χ1n) is 6.25. The van der Waals surface area contributed by atoms with Gasteiger partial charge in [-0.25, -0.2) is 4.68 Å². The van der Waals surface area contributed by atoms with Gasteiger partial charge in [-0.15, -0.1) is 5.10 Å². The lowest BCUT2D eigenvalue weighted by molar-refractivity contribution is -0.137. The van der Waals surface area contributed by atoms with Crippen LogP contribution in [-0.4, -0.2) is 31.3 Å². The van der Waals surface area contributed by atoms with Gasteiger partial charge in [0.05, 0.1) is 0 Å². The number of unbranched alkanes of at least 4 members (excludes halogenated alkanes) is 2. The van der Waals surface area contributed by atoms with Gasteiger partial charge in [-0.3, -0.25) is 4.79 Å². The van der Waals surface area contributed by atoms with Crippen molar-refractivity contribution in [1.29, 1.82) is 0 Å². The number of hydrogen-bond acceptors (Lipinski definition) is 4. The molecule has 1 heterocycles. The Balaban J connectivity index is 1.71. The zero-order chi connectivity index (χ0) is 12.1. The SMILES string of the molecule is O=C(O)CCCCCn1nnnc1C1CCC1. The Morgan fingerprint density at radius 1 is 1.35 bits per heavy atom. The fourth-order valence-electron chi connectivity index (χ4n) is 2.04. The molecule has 1 aliphatic rings. The van der Waals surface area contributed by atoms with E-state index in [2.05, 4.69) is 15.5 Å². The molecule has 0 atom stereocenters. The van der Waals surface area contributed by atoms with Gasteiger partial charge in [-0.05, 0) is 36.1 Å². The van der Waals surface area contributed by atoms with Crippen molar-refractivity contribution in [1.82, 2.24) is 20.2 Å². The van der Waals surface area contributed by atoms with Gasteiger partial charge in [0.2, 0.25) is 0 Å². The van der Waals surface area contributed by atoms with E-state index in [1.807, 2.05) is 4.68 Å². The van der Waals surface area contributed by atoms with Crippen LogP contribution in [0.2, 0.25) is 0 Å². The Kier molecular flexibility index (Phi) is 4.06. The molecule has 6 heteroatoms. The van der Waals surface area contributed by atoms with Gasteiger partial charge in [-0.2, -0.15) is 0 Å². The van der Waals surface area contributed by atoms with Gasteiger partial charge in [-0.1, -0.05) is 12.8 Å². The first-order chi connectivity index (χ1) is 8.27. The van der Waals surface area contributed by atoms with Crippen LogP contribution in [-0.2, 0) is 11.3 Å². The number of nitrogens with zero attached hydrogens (tertiary/aromatic N) is 4.